The molecule has 106 valence electrons. The van der Waals surface area contributed by atoms with E-state index in [0.29, 0.717) is 11.6 Å². The van der Waals surface area contributed by atoms with Crippen molar-refractivity contribution in [2.24, 2.45) is 0 Å². The Morgan fingerprint density at radius 3 is 2.95 bits per heavy atom. The Kier molecular flexibility index (Phi) is 3.57. The highest BCUT2D eigenvalue weighted by atomic mass is 19.1. The number of halogens is 1. The van der Waals surface area contributed by atoms with Crippen LogP contribution in [-0.2, 0) is 6.54 Å². The molecule has 1 N–H and O–H groups in total. The summed E-state index contributed by atoms with van der Waals surface area (Å²) in [6, 6.07) is 6.19. The van der Waals surface area contributed by atoms with E-state index in [-0.39, 0.29) is 11.9 Å². The van der Waals surface area contributed by atoms with Gasteiger partial charge in [-0.1, -0.05) is 12.1 Å². The van der Waals surface area contributed by atoms with Gasteiger partial charge in [0.25, 0.3) is 0 Å². The Labute approximate surface area is 118 Å². The standard InChI is InChI=1S/C16H20FN3/c1-11-3-4-13(7-16(11)17)12(2)19-9-15-8-18-10-20(15)14-5-6-14/h3-4,7-8,10,12,14,19H,5-6,9H2,1-2H3. The average molecular weight is 273 g/mol. The molecule has 0 amide bonds. The summed E-state index contributed by atoms with van der Waals surface area (Å²) in [7, 11) is 0. The Morgan fingerprint density at radius 1 is 1.45 bits per heavy atom. The number of rotatable bonds is 5. The van der Waals surface area contributed by atoms with E-state index in [9.17, 15) is 4.39 Å². The van der Waals surface area contributed by atoms with Gasteiger partial charge in [0, 0.05) is 24.8 Å². The Bertz CT molecular complexity index is 602. The fraction of sp³-hybridized carbons (Fsp3) is 0.438. The largest absolute Gasteiger partial charge is 0.330 e. The summed E-state index contributed by atoms with van der Waals surface area (Å²) in [4.78, 5) is 4.22. The smallest absolute Gasteiger partial charge is 0.126 e. The van der Waals surface area contributed by atoms with Gasteiger partial charge in [0.1, 0.15) is 5.82 Å². The van der Waals surface area contributed by atoms with Gasteiger partial charge < -0.3 is 9.88 Å². The van der Waals surface area contributed by atoms with Crippen LogP contribution in [0.15, 0.2) is 30.7 Å². The lowest BCUT2D eigenvalue weighted by Gasteiger charge is -2.15. The number of nitrogens with zero attached hydrogens (tertiary/aromatic N) is 2. The quantitative estimate of drug-likeness (QED) is 0.903. The highest BCUT2D eigenvalue weighted by molar-refractivity contribution is 5.25. The molecule has 1 saturated carbocycles. The molecule has 1 unspecified atom stereocenters. The lowest BCUT2D eigenvalue weighted by atomic mass is 10.1. The Balaban J connectivity index is 1.65. The van der Waals surface area contributed by atoms with Crippen molar-refractivity contribution < 1.29 is 4.39 Å². The first-order valence-electron chi connectivity index (χ1n) is 7.15. The van der Waals surface area contributed by atoms with E-state index in [2.05, 4.69) is 21.8 Å². The van der Waals surface area contributed by atoms with Gasteiger partial charge in [0.15, 0.2) is 0 Å². The molecule has 2 aromatic rings. The maximum absolute atomic E-state index is 13.6. The van der Waals surface area contributed by atoms with Crippen LogP contribution in [0.25, 0.3) is 0 Å². The number of benzene rings is 1. The molecule has 3 nitrogen and oxygen atoms in total. The molecule has 0 aliphatic heterocycles. The van der Waals surface area contributed by atoms with Crippen molar-refractivity contribution >= 4 is 0 Å². The predicted octanol–water partition coefficient (Wildman–Crippen LogP) is 3.52. The third kappa shape index (κ3) is 2.75. The van der Waals surface area contributed by atoms with Crippen LogP contribution < -0.4 is 5.32 Å². The third-order valence-corrected chi connectivity index (χ3v) is 3.97. The molecule has 1 fully saturated rings. The molecule has 1 atom stereocenters. The number of hydrogen-bond donors (Lipinski definition) is 1. The molecule has 1 aromatic heterocycles. The number of aromatic nitrogens is 2. The summed E-state index contributed by atoms with van der Waals surface area (Å²) in [5.41, 5.74) is 2.87. The summed E-state index contributed by atoms with van der Waals surface area (Å²) < 4.78 is 15.8. The minimum Gasteiger partial charge on any atom is -0.330 e. The first kappa shape index (κ1) is 13.3. The minimum atomic E-state index is -0.140. The molecule has 3 rings (SSSR count). The van der Waals surface area contributed by atoms with Crippen molar-refractivity contribution in [2.75, 3.05) is 0 Å². The lowest BCUT2D eigenvalue weighted by molar-refractivity contribution is 0.541. The fourth-order valence-corrected chi connectivity index (χ4v) is 2.40. The summed E-state index contributed by atoms with van der Waals surface area (Å²) in [6.45, 7) is 4.60. The van der Waals surface area contributed by atoms with E-state index in [1.54, 1.807) is 13.0 Å². The minimum absolute atomic E-state index is 0.118. The first-order chi connectivity index (χ1) is 9.65. The number of hydrogen-bond acceptors (Lipinski definition) is 2. The highest BCUT2D eigenvalue weighted by Crippen LogP contribution is 2.35. The molecular formula is C16H20FN3. The third-order valence-electron chi connectivity index (χ3n) is 3.97. The average Bonchev–Trinajstić information content (AvgIpc) is 3.18. The summed E-state index contributed by atoms with van der Waals surface area (Å²) in [5, 5.41) is 3.44. The van der Waals surface area contributed by atoms with Gasteiger partial charge in [0.05, 0.1) is 12.0 Å². The summed E-state index contributed by atoms with van der Waals surface area (Å²) >= 11 is 0. The zero-order valence-electron chi connectivity index (χ0n) is 11.9. The molecule has 0 saturated heterocycles. The van der Waals surface area contributed by atoms with Gasteiger partial charge in [0.2, 0.25) is 0 Å². The normalized spacial score (nSPS) is 16.4. The van der Waals surface area contributed by atoms with Crippen LogP contribution in [0, 0.1) is 12.7 Å². The monoisotopic (exact) mass is 273 g/mol. The highest BCUT2D eigenvalue weighted by Gasteiger charge is 2.25. The molecule has 0 bridgehead atoms. The molecule has 1 aromatic carbocycles. The van der Waals surface area contributed by atoms with Crippen LogP contribution in [0.2, 0.25) is 0 Å². The van der Waals surface area contributed by atoms with Crippen molar-refractivity contribution in [3.63, 3.8) is 0 Å². The van der Waals surface area contributed by atoms with Gasteiger partial charge in [-0.3, -0.25) is 0 Å². The lowest BCUT2D eigenvalue weighted by Crippen LogP contribution is -2.20. The van der Waals surface area contributed by atoms with Gasteiger partial charge in [-0.2, -0.15) is 0 Å². The van der Waals surface area contributed by atoms with Crippen LogP contribution in [-0.4, -0.2) is 9.55 Å². The molecule has 0 spiro atoms. The fourth-order valence-electron chi connectivity index (χ4n) is 2.40. The van der Waals surface area contributed by atoms with Crippen LogP contribution >= 0.6 is 0 Å². The predicted molar refractivity (Wildman–Crippen MR) is 76.9 cm³/mol. The van der Waals surface area contributed by atoms with Crippen LogP contribution in [0.3, 0.4) is 0 Å². The number of aryl methyl sites for hydroxylation is 1. The number of nitrogens with one attached hydrogen (secondary N) is 1. The Morgan fingerprint density at radius 2 is 2.25 bits per heavy atom. The van der Waals surface area contributed by atoms with E-state index in [1.807, 2.05) is 24.7 Å². The van der Waals surface area contributed by atoms with Crippen LogP contribution in [0.4, 0.5) is 4.39 Å². The second-order valence-electron chi connectivity index (χ2n) is 5.63. The molecule has 4 heteroatoms. The van der Waals surface area contributed by atoms with Gasteiger partial charge in [-0.25, -0.2) is 9.37 Å². The molecule has 0 radical (unpaired) electrons. The topological polar surface area (TPSA) is 29.9 Å². The van der Waals surface area contributed by atoms with Crippen molar-refractivity contribution in [1.82, 2.24) is 14.9 Å². The maximum Gasteiger partial charge on any atom is 0.126 e. The maximum atomic E-state index is 13.6. The van der Waals surface area contributed by atoms with Gasteiger partial charge in [-0.15, -0.1) is 0 Å². The van der Waals surface area contributed by atoms with Crippen molar-refractivity contribution in [2.45, 2.75) is 45.3 Å². The van der Waals surface area contributed by atoms with Crippen LogP contribution in [0.1, 0.15) is 48.7 Å². The molecule has 1 heterocycles. The van der Waals surface area contributed by atoms with Crippen LogP contribution in [0.5, 0.6) is 0 Å². The zero-order chi connectivity index (χ0) is 14.1. The molecule has 1 aliphatic carbocycles. The second kappa shape index (κ2) is 5.37. The van der Waals surface area contributed by atoms with Gasteiger partial charge in [-0.05, 0) is 43.9 Å². The summed E-state index contributed by atoms with van der Waals surface area (Å²) in [5.74, 6) is -0.140. The zero-order valence-corrected chi connectivity index (χ0v) is 11.9. The molecule has 20 heavy (non-hydrogen) atoms. The van der Waals surface area contributed by atoms with Gasteiger partial charge >= 0.3 is 0 Å². The van der Waals surface area contributed by atoms with E-state index in [4.69, 9.17) is 0 Å². The molecular weight excluding hydrogens is 253 g/mol. The van der Waals surface area contributed by atoms with Crippen molar-refractivity contribution in [3.8, 4) is 0 Å². The molecule has 1 aliphatic rings. The van der Waals surface area contributed by atoms with E-state index in [1.165, 1.54) is 18.5 Å². The SMILES string of the molecule is Cc1ccc(C(C)NCc2cncn2C2CC2)cc1F. The Hall–Kier alpha value is -1.68. The summed E-state index contributed by atoms with van der Waals surface area (Å²) in [6.07, 6.45) is 6.32. The number of imidazole rings is 1. The van der Waals surface area contributed by atoms with Crippen molar-refractivity contribution in [1.29, 1.82) is 0 Å². The first-order valence-corrected chi connectivity index (χ1v) is 7.15. The van der Waals surface area contributed by atoms with E-state index in [0.717, 1.165) is 12.1 Å². The van der Waals surface area contributed by atoms with E-state index >= 15 is 0 Å². The van der Waals surface area contributed by atoms with E-state index < -0.39 is 0 Å². The second-order valence-corrected chi connectivity index (χ2v) is 5.63. The van der Waals surface area contributed by atoms with Crippen molar-refractivity contribution in [3.05, 3.63) is 53.4 Å².